The molecule has 4 fully saturated rings. The van der Waals surface area contributed by atoms with Gasteiger partial charge in [0.2, 0.25) is 0 Å². The van der Waals surface area contributed by atoms with Crippen molar-refractivity contribution in [2.24, 2.45) is 11.3 Å². The molecule has 4 aliphatic heterocycles. The van der Waals surface area contributed by atoms with E-state index in [-0.39, 0.29) is 35.6 Å². The van der Waals surface area contributed by atoms with Crippen molar-refractivity contribution in [2.75, 3.05) is 6.61 Å². The molecule has 1 N–H and O–H groups in total. The van der Waals surface area contributed by atoms with Crippen LogP contribution < -0.4 is 0 Å². The third-order valence-corrected chi connectivity index (χ3v) is 8.54. The van der Waals surface area contributed by atoms with Crippen molar-refractivity contribution >= 4 is 5.97 Å². The molecule has 3 saturated heterocycles. The van der Waals surface area contributed by atoms with Crippen LogP contribution in [0.25, 0.3) is 0 Å². The van der Waals surface area contributed by atoms with Crippen molar-refractivity contribution < 1.29 is 28.8 Å². The Morgan fingerprint density at radius 2 is 2.00 bits per heavy atom. The van der Waals surface area contributed by atoms with E-state index in [2.05, 4.69) is 26.8 Å². The molecule has 0 aromatic rings. The van der Waals surface area contributed by atoms with E-state index in [1.54, 1.807) is 0 Å². The summed E-state index contributed by atoms with van der Waals surface area (Å²) in [5.74, 6) is 0.0129. The average Bonchev–Trinajstić information content (AvgIpc) is 3.47. The number of hydrogen-bond donors (Lipinski definition) is 1. The third-order valence-electron chi connectivity index (χ3n) is 8.54. The molecule has 4 heterocycles. The Hall–Kier alpha value is -1.21. The SMILES string of the molecule is CC(C)[C@]12O[C@H]1[C@@H]1O[C@]13[C@]1(O[C@H]1C=C1C4=C(CC[C@@]13C)C(=O)OC4)[C@H]2O. The molecule has 7 rings (SSSR count). The largest absolute Gasteiger partial charge is 0.457 e. The second-order valence-corrected chi connectivity index (χ2v) is 9.50. The van der Waals surface area contributed by atoms with Crippen LogP contribution in [-0.2, 0) is 23.7 Å². The Bertz CT molecular complexity index is 874. The van der Waals surface area contributed by atoms with Crippen LogP contribution in [0.5, 0.6) is 0 Å². The molecule has 26 heavy (non-hydrogen) atoms. The van der Waals surface area contributed by atoms with Crippen molar-refractivity contribution in [3.8, 4) is 0 Å². The highest BCUT2D eigenvalue weighted by atomic mass is 16.7. The van der Waals surface area contributed by atoms with E-state index in [0.717, 1.165) is 23.1 Å². The lowest BCUT2D eigenvalue weighted by molar-refractivity contribution is -0.136. The molecule has 0 amide bonds. The van der Waals surface area contributed by atoms with Crippen LogP contribution in [0.1, 0.15) is 33.6 Å². The van der Waals surface area contributed by atoms with E-state index >= 15 is 0 Å². The molecule has 7 aliphatic rings. The third kappa shape index (κ3) is 1.11. The summed E-state index contributed by atoms with van der Waals surface area (Å²) < 4.78 is 24.2. The van der Waals surface area contributed by atoms with Crippen LogP contribution in [0.15, 0.2) is 22.8 Å². The van der Waals surface area contributed by atoms with Gasteiger partial charge >= 0.3 is 5.97 Å². The van der Waals surface area contributed by atoms with E-state index in [1.165, 1.54) is 0 Å². The molecule has 0 unspecified atom stereocenters. The highest BCUT2D eigenvalue weighted by Crippen LogP contribution is 2.81. The van der Waals surface area contributed by atoms with Gasteiger partial charge in [0.05, 0.1) is 0 Å². The van der Waals surface area contributed by atoms with Gasteiger partial charge in [-0.15, -0.1) is 0 Å². The maximum absolute atomic E-state index is 12.0. The fourth-order valence-electron chi connectivity index (χ4n) is 7.10. The summed E-state index contributed by atoms with van der Waals surface area (Å²) in [5, 5.41) is 11.4. The first kappa shape index (κ1) is 14.8. The lowest BCUT2D eigenvalue weighted by atomic mass is 9.50. The van der Waals surface area contributed by atoms with Gasteiger partial charge in [-0.1, -0.05) is 20.8 Å². The number of aliphatic hydroxyl groups excluding tert-OH is 1. The Morgan fingerprint density at radius 3 is 2.77 bits per heavy atom. The number of carbonyl (C=O) groups is 1. The summed E-state index contributed by atoms with van der Waals surface area (Å²) in [6.07, 6.45) is 2.62. The van der Waals surface area contributed by atoms with Gasteiger partial charge < -0.3 is 24.1 Å². The van der Waals surface area contributed by atoms with Crippen LogP contribution in [0.2, 0.25) is 0 Å². The lowest BCUT2D eigenvalue weighted by Crippen LogP contribution is -2.67. The predicted molar refractivity (Wildman–Crippen MR) is 87.1 cm³/mol. The van der Waals surface area contributed by atoms with Crippen LogP contribution >= 0.6 is 0 Å². The first-order chi connectivity index (χ1) is 12.3. The van der Waals surface area contributed by atoms with Gasteiger partial charge in [-0.25, -0.2) is 4.79 Å². The molecular formula is C20H22O6. The average molecular weight is 358 g/mol. The molecule has 8 atom stereocenters. The molecular weight excluding hydrogens is 336 g/mol. The quantitative estimate of drug-likeness (QED) is 0.557. The Labute approximate surface area is 151 Å². The van der Waals surface area contributed by atoms with Crippen molar-refractivity contribution in [2.45, 2.75) is 74.8 Å². The lowest BCUT2D eigenvalue weighted by Gasteiger charge is -2.49. The standard InChI is InChI=1S/C20H22O6/c1-8(2)18-13(25-18)14-20(26-14)17(3)5-4-9-10(7-23-15(9)21)11(17)6-12-19(20,24-12)16(18)22/h6,8,12-14,16,22H,4-5,7H2,1-3H3/t12-,13-,14-,16-,17-,18-,19+,20+/m0/s1. The molecule has 3 aliphatic carbocycles. The first-order valence-corrected chi connectivity index (χ1v) is 9.68. The molecule has 0 aromatic heterocycles. The molecule has 6 heteroatoms. The number of cyclic esters (lactones) is 1. The fourth-order valence-corrected chi connectivity index (χ4v) is 7.10. The van der Waals surface area contributed by atoms with Gasteiger partial charge in [-0.3, -0.25) is 0 Å². The minimum Gasteiger partial charge on any atom is -0.457 e. The topological polar surface area (TPSA) is 84.1 Å². The van der Waals surface area contributed by atoms with E-state index in [9.17, 15) is 9.90 Å². The van der Waals surface area contributed by atoms with E-state index in [1.807, 2.05) is 0 Å². The number of rotatable bonds is 1. The van der Waals surface area contributed by atoms with Crippen LogP contribution in [0, 0.1) is 11.3 Å². The smallest absolute Gasteiger partial charge is 0.334 e. The fraction of sp³-hybridized carbons (Fsp3) is 0.750. The van der Waals surface area contributed by atoms with Gasteiger partial charge in [0.25, 0.3) is 0 Å². The summed E-state index contributed by atoms with van der Waals surface area (Å²) in [5.41, 5.74) is 0.844. The molecule has 6 nitrogen and oxygen atoms in total. The van der Waals surface area contributed by atoms with Crippen molar-refractivity contribution in [3.63, 3.8) is 0 Å². The van der Waals surface area contributed by atoms with Crippen LogP contribution in [-0.4, -0.2) is 58.9 Å². The van der Waals surface area contributed by atoms with E-state index in [4.69, 9.17) is 18.9 Å². The van der Waals surface area contributed by atoms with Crippen LogP contribution in [0.3, 0.4) is 0 Å². The normalized spacial score (nSPS) is 60.0. The molecule has 0 bridgehead atoms. The number of hydrogen-bond acceptors (Lipinski definition) is 6. The van der Waals surface area contributed by atoms with Gasteiger partial charge in [-0.05, 0) is 30.4 Å². The monoisotopic (exact) mass is 358 g/mol. The Balaban J connectivity index is 1.43. The Morgan fingerprint density at radius 1 is 1.19 bits per heavy atom. The number of ether oxygens (including phenoxy) is 4. The van der Waals surface area contributed by atoms with Gasteiger partial charge in [-0.2, -0.15) is 0 Å². The van der Waals surface area contributed by atoms with Gasteiger partial charge in [0.1, 0.15) is 42.2 Å². The Kier molecular flexibility index (Phi) is 2.11. The number of carbonyl (C=O) groups excluding carboxylic acids is 1. The minimum absolute atomic E-state index is 0.0489. The zero-order chi connectivity index (χ0) is 17.9. The number of esters is 1. The molecule has 0 radical (unpaired) electrons. The molecule has 138 valence electrons. The number of aliphatic hydroxyl groups is 1. The summed E-state index contributed by atoms with van der Waals surface area (Å²) >= 11 is 0. The van der Waals surface area contributed by atoms with E-state index in [0.29, 0.717) is 13.0 Å². The van der Waals surface area contributed by atoms with Crippen molar-refractivity contribution in [3.05, 3.63) is 22.8 Å². The zero-order valence-corrected chi connectivity index (χ0v) is 15.1. The minimum atomic E-state index is -0.714. The molecule has 1 saturated carbocycles. The van der Waals surface area contributed by atoms with Crippen LogP contribution in [0.4, 0.5) is 0 Å². The molecule has 2 spiro atoms. The predicted octanol–water partition coefficient (Wildman–Crippen LogP) is 1.02. The van der Waals surface area contributed by atoms with E-state index < -0.39 is 22.9 Å². The maximum atomic E-state index is 12.0. The maximum Gasteiger partial charge on any atom is 0.334 e. The zero-order valence-electron chi connectivity index (χ0n) is 15.1. The van der Waals surface area contributed by atoms with Gasteiger partial charge in [0, 0.05) is 16.6 Å². The summed E-state index contributed by atoms with van der Waals surface area (Å²) in [7, 11) is 0. The number of epoxide rings is 3. The summed E-state index contributed by atoms with van der Waals surface area (Å²) in [4.78, 5) is 12.0. The second-order valence-electron chi connectivity index (χ2n) is 9.50. The highest BCUT2D eigenvalue weighted by molar-refractivity contribution is 5.94. The number of fused-ring (bicyclic) bond motifs is 4. The van der Waals surface area contributed by atoms with Crippen molar-refractivity contribution in [1.29, 1.82) is 0 Å². The summed E-state index contributed by atoms with van der Waals surface area (Å²) in [6, 6.07) is 0. The summed E-state index contributed by atoms with van der Waals surface area (Å²) in [6.45, 7) is 6.74. The molecule has 0 aromatic carbocycles. The van der Waals surface area contributed by atoms with Gasteiger partial charge in [0.15, 0.2) is 5.60 Å². The highest BCUT2D eigenvalue weighted by Gasteiger charge is 2.99. The second kappa shape index (κ2) is 3.70. The van der Waals surface area contributed by atoms with Crippen molar-refractivity contribution in [1.82, 2.24) is 0 Å². The first-order valence-electron chi connectivity index (χ1n) is 9.68.